The Morgan fingerprint density at radius 1 is 1.13 bits per heavy atom. The molecule has 4 aliphatic heterocycles. The minimum atomic E-state index is -1.36. The second-order valence-electron chi connectivity index (χ2n) is 10.8. The second-order valence-corrected chi connectivity index (χ2v) is 10.8. The molecule has 9 heteroatoms. The number of benzene rings is 1. The number of rotatable bonds is 6. The molecule has 1 N–H and O–H groups in total. The van der Waals surface area contributed by atoms with Crippen molar-refractivity contribution in [1.29, 1.82) is 0 Å². The number of ether oxygens (including phenoxy) is 3. The molecule has 1 spiro atoms. The van der Waals surface area contributed by atoms with E-state index < -0.39 is 41.6 Å². The summed E-state index contributed by atoms with van der Waals surface area (Å²) in [5.74, 6) is -2.16. The van der Waals surface area contributed by atoms with Crippen molar-refractivity contribution in [2.45, 2.75) is 56.9 Å². The number of fused-ring (bicyclic) bond motifs is 2. The molecule has 6 atom stereocenters. The molecule has 0 bridgehead atoms. The van der Waals surface area contributed by atoms with Crippen molar-refractivity contribution in [1.82, 2.24) is 4.90 Å². The SMILES string of the molecule is COc1ccc(N2CC=C[C@]34O[C@@H]5/C=C\CCCOC(=O)[C@@H]5[C@H]3C(=O)N([C@@H](CO)CC(C)C)C4C2=O)cc1. The van der Waals surface area contributed by atoms with Crippen LogP contribution in [0.1, 0.15) is 33.1 Å². The monoisotopic (exact) mass is 524 g/mol. The largest absolute Gasteiger partial charge is 0.497 e. The van der Waals surface area contributed by atoms with Crippen molar-refractivity contribution < 1.29 is 33.7 Å². The fourth-order valence-electron chi connectivity index (χ4n) is 6.40. The molecule has 204 valence electrons. The third-order valence-corrected chi connectivity index (χ3v) is 8.02. The first-order valence-electron chi connectivity index (χ1n) is 13.4. The van der Waals surface area contributed by atoms with Gasteiger partial charge in [-0.25, -0.2) is 0 Å². The van der Waals surface area contributed by atoms with Gasteiger partial charge in [0.2, 0.25) is 5.91 Å². The maximum Gasteiger partial charge on any atom is 0.312 e. The molecule has 9 nitrogen and oxygen atoms in total. The van der Waals surface area contributed by atoms with Crippen LogP contribution in [0.25, 0.3) is 0 Å². The highest BCUT2D eigenvalue weighted by Crippen LogP contribution is 2.54. The van der Waals surface area contributed by atoms with Gasteiger partial charge in [0.15, 0.2) is 0 Å². The van der Waals surface area contributed by atoms with Crippen LogP contribution in [0.4, 0.5) is 5.69 Å². The first-order chi connectivity index (χ1) is 18.3. The number of aliphatic hydroxyl groups is 1. The molecule has 1 unspecified atom stereocenters. The van der Waals surface area contributed by atoms with E-state index in [1.54, 1.807) is 42.4 Å². The van der Waals surface area contributed by atoms with Crippen molar-refractivity contribution in [2.75, 3.05) is 31.8 Å². The average Bonchev–Trinajstić information content (AvgIpc) is 3.32. The third kappa shape index (κ3) is 4.31. The van der Waals surface area contributed by atoms with Crippen LogP contribution in [0.15, 0.2) is 48.6 Å². The summed E-state index contributed by atoms with van der Waals surface area (Å²) in [6.45, 7) is 4.24. The molecule has 1 aromatic carbocycles. The topological polar surface area (TPSA) is 106 Å². The summed E-state index contributed by atoms with van der Waals surface area (Å²) < 4.78 is 17.5. The quantitative estimate of drug-likeness (QED) is 0.450. The predicted octanol–water partition coefficient (Wildman–Crippen LogP) is 2.48. The number of carbonyl (C=O) groups is 3. The Bertz CT molecular complexity index is 1130. The first kappa shape index (κ1) is 26.4. The normalized spacial score (nSPS) is 32.5. The second kappa shape index (κ2) is 10.5. The molecule has 0 aromatic heterocycles. The van der Waals surface area contributed by atoms with Crippen LogP contribution in [0.5, 0.6) is 5.75 Å². The summed E-state index contributed by atoms with van der Waals surface area (Å²) >= 11 is 0. The Morgan fingerprint density at radius 2 is 1.89 bits per heavy atom. The van der Waals surface area contributed by atoms with E-state index in [0.29, 0.717) is 24.3 Å². The number of anilines is 1. The highest BCUT2D eigenvalue weighted by molar-refractivity contribution is 6.05. The summed E-state index contributed by atoms with van der Waals surface area (Å²) in [6.07, 6.45) is 8.64. The van der Waals surface area contributed by atoms with E-state index in [1.165, 1.54) is 4.90 Å². The average molecular weight is 525 g/mol. The zero-order chi connectivity index (χ0) is 27.0. The molecule has 0 saturated carbocycles. The first-order valence-corrected chi connectivity index (χ1v) is 13.4. The summed E-state index contributed by atoms with van der Waals surface area (Å²) in [7, 11) is 1.58. The van der Waals surface area contributed by atoms with Gasteiger partial charge in [-0.2, -0.15) is 0 Å². The van der Waals surface area contributed by atoms with Gasteiger partial charge < -0.3 is 29.1 Å². The minimum Gasteiger partial charge on any atom is -0.497 e. The van der Waals surface area contributed by atoms with Crippen LogP contribution >= 0.6 is 0 Å². The van der Waals surface area contributed by atoms with Crippen molar-refractivity contribution >= 4 is 23.5 Å². The van der Waals surface area contributed by atoms with Crippen molar-refractivity contribution in [3.63, 3.8) is 0 Å². The highest BCUT2D eigenvalue weighted by atomic mass is 16.6. The molecule has 38 heavy (non-hydrogen) atoms. The Morgan fingerprint density at radius 3 is 2.58 bits per heavy atom. The molecule has 0 aliphatic carbocycles. The lowest BCUT2D eigenvalue weighted by molar-refractivity contribution is -0.155. The van der Waals surface area contributed by atoms with Gasteiger partial charge in [-0.15, -0.1) is 0 Å². The highest BCUT2D eigenvalue weighted by Gasteiger charge is 2.72. The molecule has 5 rings (SSSR count). The summed E-state index contributed by atoms with van der Waals surface area (Å²) in [4.78, 5) is 45.1. The van der Waals surface area contributed by atoms with Crippen molar-refractivity contribution in [3.05, 3.63) is 48.6 Å². The summed E-state index contributed by atoms with van der Waals surface area (Å²) in [5, 5.41) is 10.4. The summed E-state index contributed by atoms with van der Waals surface area (Å²) in [5.41, 5.74) is -0.713. The number of methoxy groups -OCH3 is 1. The number of cyclic esters (lactones) is 1. The zero-order valence-electron chi connectivity index (χ0n) is 22.1. The number of esters is 1. The number of hydrogen-bond acceptors (Lipinski definition) is 7. The maximum atomic E-state index is 14.4. The van der Waals surface area contributed by atoms with Gasteiger partial charge in [-0.3, -0.25) is 14.4 Å². The fourth-order valence-corrected chi connectivity index (χ4v) is 6.40. The van der Waals surface area contributed by atoms with Gasteiger partial charge in [0, 0.05) is 12.2 Å². The van der Waals surface area contributed by atoms with Crippen molar-refractivity contribution in [3.8, 4) is 5.75 Å². The molecule has 2 saturated heterocycles. The van der Waals surface area contributed by atoms with E-state index in [2.05, 4.69) is 0 Å². The molecular weight excluding hydrogens is 488 g/mol. The van der Waals surface area contributed by atoms with E-state index in [4.69, 9.17) is 14.2 Å². The molecule has 4 aliphatic rings. The van der Waals surface area contributed by atoms with E-state index in [0.717, 1.165) is 6.42 Å². The van der Waals surface area contributed by atoms with E-state index in [1.807, 2.05) is 32.1 Å². The maximum absolute atomic E-state index is 14.4. The van der Waals surface area contributed by atoms with Crippen LogP contribution in [0.3, 0.4) is 0 Å². The smallest absolute Gasteiger partial charge is 0.312 e. The lowest BCUT2D eigenvalue weighted by atomic mass is 9.78. The van der Waals surface area contributed by atoms with Crippen molar-refractivity contribution in [2.24, 2.45) is 17.8 Å². The number of nitrogens with zero attached hydrogens (tertiary/aromatic N) is 2. The van der Waals surface area contributed by atoms with Gasteiger partial charge in [-0.05, 0) is 49.4 Å². The Labute approximate surface area is 223 Å². The number of aliphatic hydroxyl groups excluding tert-OH is 1. The minimum absolute atomic E-state index is 0.164. The van der Waals surface area contributed by atoms with Crippen LogP contribution in [0, 0.1) is 17.8 Å². The zero-order valence-corrected chi connectivity index (χ0v) is 22.1. The van der Waals surface area contributed by atoms with E-state index in [9.17, 15) is 19.5 Å². The van der Waals surface area contributed by atoms with E-state index >= 15 is 0 Å². The Balaban J connectivity index is 1.63. The Kier molecular flexibility index (Phi) is 7.33. The van der Waals surface area contributed by atoms with Gasteiger partial charge in [0.05, 0.1) is 38.4 Å². The van der Waals surface area contributed by atoms with Crippen LogP contribution < -0.4 is 9.64 Å². The number of allylic oxidation sites excluding steroid dienone is 1. The van der Waals surface area contributed by atoms with Gasteiger partial charge in [-0.1, -0.05) is 38.2 Å². The molecule has 2 fully saturated rings. The van der Waals surface area contributed by atoms with Crippen LogP contribution in [-0.2, 0) is 23.9 Å². The third-order valence-electron chi connectivity index (χ3n) is 8.02. The summed E-state index contributed by atoms with van der Waals surface area (Å²) in [6, 6.07) is 5.50. The predicted molar refractivity (Wildman–Crippen MR) is 139 cm³/mol. The molecule has 2 amide bonds. The van der Waals surface area contributed by atoms with Gasteiger partial charge in [0.25, 0.3) is 5.91 Å². The number of likely N-dealkylation sites (tertiary alicyclic amines) is 1. The number of carbonyl (C=O) groups excluding carboxylic acids is 3. The fraction of sp³-hybridized carbons (Fsp3) is 0.552. The lowest BCUT2D eigenvalue weighted by Crippen LogP contribution is -2.58. The van der Waals surface area contributed by atoms with Crippen LogP contribution in [0.2, 0.25) is 0 Å². The number of hydrogen-bond donors (Lipinski definition) is 1. The Hall–Kier alpha value is -3.17. The molecule has 4 heterocycles. The van der Waals surface area contributed by atoms with Crippen LogP contribution in [-0.4, -0.2) is 78.4 Å². The number of amides is 2. The standard InChI is InChI=1S/C29H36N2O7/c1-18(2)16-20(17-32)31-25-27(34)30(19-9-11-21(36-3)12-10-19)14-7-13-29(25)24(26(31)33)23-22(38-29)8-5-4-6-15-37-28(23)35/h5,7-13,18,20,22-25,32H,4,6,14-17H2,1-3H3/b8-5-/t20-,22-,23+,24+,25?,29+/m1/s1. The lowest BCUT2D eigenvalue weighted by Gasteiger charge is -2.39. The van der Waals surface area contributed by atoms with Gasteiger partial charge >= 0.3 is 5.97 Å². The molecule has 1 aromatic rings. The van der Waals surface area contributed by atoms with E-state index in [-0.39, 0.29) is 37.5 Å². The van der Waals surface area contributed by atoms with Gasteiger partial charge in [0.1, 0.15) is 23.3 Å². The molecular formula is C29H36N2O7. The molecule has 0 radical (unpaired) electrons.